The number of rotatable bonds is 6. The largest absolute Gasteiger partial charge is 0.497 e. The molecule has 5 heteroatoms. The van der Waals surface area contributed by atoms with E-state index in [1.807, 2.05) is 0 Å². The van der Waals surface area contributed by atoms with Crippen molar-refractivity contribution in [1.82, 2.24) is 0 Å². The summed E-state index contributed by atoms with van der Waals surface area (Å²) in [6, 6.07) is 11.7. The van der Waals surface area contributed by atoms with Crippen LogP contribution in [0.5, 0.6) is 11.5 Å². The molecule has 0 aliphatic rings. The fourth-order valence-electron chi connectivity index (χ4n) is 1.85. The van der Waals surface area contributed by atoms with Gasteiger partial charge in [0.15, 0.2) is 0 Å². The van der Waals surface area contributed by atoms with Gasteiger partial charge >= 0.3 is 5.97 Å². The molecule has 0 fully saturated rings. The van der Waals surface area contributed by atoms with Gasteiger partial charge in [0.2, 0.25) is 0 Å². The van der Waals surface area contributed by atoms with Gasteiger partial charge in [0.25, 0.3) is 0 Å². The van der Waals surface area contributed by atoms with Crippen LogP contribution in [0.25, 0.3) is 0 Å². The summed E-state index contributed by atoms with van der Waals surface area (Å²) in [5, 5.41) is 18.2. The molecular weight excluding hydrogens is 272 g/mol. The fraction of sp³-hybridized carbons (Fsp3) is 0.188. The second-order valence-electron chi connectivity index (χ2n) is 4.42. The van der Waals surface area contributed by atoms with Crippen molar-refractivity contribution >= 4 is 5.97 Å². The van der Waals surface area contributed by atoms with E-state index in [4.69, 9.17) is 14.6 Å². The molecule has 2 aromatic carbocycles. The lowest BCUT2D eigenvalue weighted by molar-refractivity contribution is 0.0697. The van der Waals surface area contributed by atoms with Crippen molar-refractivity contribution < 1.29 is 24.5 Å². The molecular formula is C16H16O5. The Morgan fingerprint density at radius 2 is 1.86 bits per heavy atom. The molecule has 0 radical (unpaired) electrons. The quantitative estimate of drug-likeness (QED) is 0.854. The second-order valence-corrected chi connectivity index (χ2v) is 4.42. The predicted molar refractivity (Wildman–Crippen MR) is 76.7 cm³/mol. The summed E-state index contributed by atoms with van der Waals surface area (Å²) in [5.74, 6) is 0.262. The molecule has 5 nitrogen and oxygen atoms in total. The van der Waals surface area contributed by atoms with E-state index in [0.717, 1.165) is 5.56 Å². The Kier molecular flexibility index (Phi) is 4.79. The molecule has 2 N–H and O–H groups in total. The van der Waals surface area contributed by atoms with Crippen molar-refractivity contribution in [3.05, 3.63) is 59.2 Å². The van der Waals surface area contributed by atoms with E-state index in [9.17, 15) is 9.90 Å². The first-order valence-electron chi connectivity index (χ1n) is 6.37. The number of carbonyl (C=O) groups is 1. The topological polar surface area (TPSA) is 76.0 Å². The number of carboxylic acid groups (broad SMARTS) is 1. The van der Waals surface area contributed by atoms with E-state index in [0.29, 0.717) is 23.7 Å². The van der Waals surface area contributed by atoms with Crippen molar-refractivity contribution in [3.63, 3.8) is 0 Å². The van der Waals surface area contributed by atoms with Crippen LogP contribution < -0.4 is 9.47 Å². The Hall–Kier alpha value is -2.53. The van der Waals surface area contributed by atoms with E-state index in [1.165, 1.54) is 12.1 Å². The summed E-state index contributed by atoms with van der Waals surface area (Å²) in [6.07, 6.45) is 0. The van der Waals surface area contributed by atoms with Gasteiger partial charge in [0, 0.05) is 5.56 Å². The van der Waals surface area contributed by atoms with Crippen LogP contribution in [-0.2, 0) is 13.2 Å². The zero-order valence-corrected chi connectivity index (χ0v) is 11.6. The van der Waals surface area contributed by atoms with E-state index in [-0.39, 0.29) is 12.2 Å². The number of ether oxygens (including phenoxy) is 2. The first kappa shape index (κ1) is 14.9. The lowest BCUT2D eigenvalue weighted by Crippen LogP contribution is -2.01. The SMILES string of the molecule is COc1ccc(OCc2ccc(C(=O)O)cc2)c(CO)c1. The average molecular weight is 288 g/mol. The van der Waals surface area contributed by atoms with Crippen molar-refractivity contribution in [2.24, 2.45) is 0 Å². The highest BCUT2D eigenvalue weighted by atomic mass is 16.5. The number of aliphatic hydroxyl groups excluding tert-OH is 1. The summed E-state index contributed by atoms with van der Waals surface area (Å²) in [6.45, 7) is 0.143. The van der Waals surface area contributed by atoms with Crippen molar-refractivity contribution in [2.45, 2.75) is 13.2 Å². The minimum Gasteiger partial charge on any atom is -0.497 e. The summed E-state index contributed by atoms with van der Waals surface area (Å²) in [5.41, 5.74) is 1.72. The van der Waals surface area contributed by atoms with Gasteiger partial charge < -0.3 is 19.7 Å². The maximum absolute atomic E-state index is 10.8. The molecule has 0 heterocycles. The first-order chi connectivity index (χ1) is 10.1. The number of aromatic carboxylic acids is 1. The van der Waals surface area contributed by atoms with Crippen molar-refractivity contribution in [3.8, 4) is 11.5 Å². The van der Waals surface area contributed by atoms with Gasteiger partial charge in [-0.15, -0.1) is 0 Å². The van der Waals surface area contributed by atoms with E-state index < -0.39 is 5.97 Å². The van der Waals surface area contributed by atoms with Crippen molar-refractivity contribution in [2.75, 3.05) is 7.11 Å². The smallest absolute Gasteiger partial charge is 0.335 e. The van der Waals surface area contributed by atoms with E-state index >= 15 is 0 Å². The summed E-state index contributed by atoms with van der Waals surface area (Å²) in [4.78, 5) is 10.8. The van der Waals surface area contributed by atoms with Gasteiger partial charge in [-0.2, -0.15) is 0 Å². The highest BCUT2D eigenvalue weighted by Gasteiger charge is 2.06. The third-order valence-corrected chi connectivity index (χ3v) is 3.03. The minimum absolute atomic E-state index is 0.148. The fourth-order valence-corrected chi connectivity index (χ4v) is 1.85. The Labute approximate surface area is 122 Å². The van der Waals surface area contributed by atoms with E-state index in [1.54, 1.807) is 37.4 Å². The lowest BCUT2D eigenvalue weighted by atomic mass is 10.1. The third-order valence-electron chi connectivity index (χ3n) is 3.03. The number of methoxy groups -OCH3 is 1. The van der Waals surface area contributed by atoms with Gasteiger partial charge in [-0.25, -0.2) is 4.79 Å². The molecule has 2 rings (SSSR count). The van der Waals surface area contributed by atoms with Crippen LogP contribution in [0.2, 0.25) is 0 Å². The molecule has 0 atom stereocenters. The molecule has 0 aliphatic carbocycles. The Morgan fingerprint density at radius 1 is 1.14 bits per heavy atom. The van der Waals surface area contributed by atoms with Gasteiger partial charge in [0.05, 0.1) is 19.3 Å². The normalized spacial score (nSPS) is 10.2. The van der Waals surface area contributed by atoms with Crippen LogP contribution in [0.1, 0.15) is 21.5 Å². The van der Waals surface area contributed by atoms with Crippen LogP contribution >= 0.6 is 0 Å². The Bertz CT molecular complexity index is 619. The zero-order valence-electron chi connectivity index (χ0n) is 11.6. The zero-order chi connectivity index (χ0) is 15.2. The maximum atomic E-state index is 10.8. The molecule has 0 aromatic heterocycles. The molecule has 2 aromatic rings. The molecule has 0 aliphatic heterocycles. The average Bonchev–Trinajstić information content (AvgIpc) is 2.53. The second kappa shape index (κ2) is 6.76. The number of carboxylic acids is 1. The number of hydrogen-bond donors (Lipinski definition) is 2. The van der Waals surface area contributed by atoms with Crippen LogP contribution in [-0.4, -0.2) is 23.3 Å². The summed E-state index contributed by atoms with van der Waals surface area (Å²) in [7, 11) is 1.56. The third kappa shape index (κ3) is 3.73. The molecule has 0 saturated heterocycles. The molecule has 0 saturated carbocycles. The van der Waals surface area contributed by atoms with Crippen LogP contribution in [0.15, 0.2) is 42.5 Å². The number of hydrogen-bond acceptors (Lipinski definition) is 4. The Morgan fingerprint density at radius 3 is 2.43 bits per heavy atom. The molecule has 0 bridgehead atoms. The van der Waals surface area contributed by atoms with Crippen LogP contribution in [0.3, 0.4) is 0 Å². The van der Waals surface area contributed by atoms with Gasteiger partial charge in [-0.05, 0) is 35.9 Å². The summed E-state index contributed by atoms with van der Waals surface area (Å²) < 4.78 is 10.7. The molecule has 0 unspecified atom stereocenters. The minimum atomic E-state index is -0.958. The van der Waals surface area contributed by atoms with Gasteiger partial charge in [-0.1, -0.05) is 12.1 Å². The van der Waals surface area contributed by atoms with E-state index in [2.05, 4.69) is 0 Å². The highest BCUT2D eigenvalue weighted by molar-refractivity contribution is 5.87. The molecule has 21 heavy (non-hydrogen) atoms. The lowest BCUT2D eigenvalue weighted by Gasteiger charge is -2.11. The van der Waals surface area contributed by atoms with Crippen LogP contribution in [0.4, 0.5) is 0 Å². The Balaban J connectivity index is 2.07. The van der Waals surface area contributed by atoms with Gasteiger partial charge in [-0.3, -0.25) is 0 Å². The van der Waals surface area contributed by atoms with Crippen LogP contribution in [0, 0.1) is 0 Å². The molecule has 0 spiro atoms. The standard InChI is InChI=1S/C16H16O5/c1-20-14-6-7-15(13(8-14)9-17)21-10-11-2-4-12(5-3-11)16(18)19/h2-8,17H,9-10H2,1H3,(H,18,19). The number of aliphatic hydroxyl groups is 1. The summed E-state index contributed by atoms with van der Waals surface area (Å²) >= 11 is 0. The van der Waals surface area contributed by atoms with Gasteiger partial charge in [0.1, 0.15) is 18.1 Å². The predicted octanol–water partition coefficient (Wildman–Crippen LogP) is 2.46. The molecule has 0 amide bonds. The monoisotopic (exact) mass is 288 g/mol. The van der Waals surface area contributed by atoms with Crippen molar-refractivity contribution in [1.29, 1.82) is 0 Å². The highest BCUT2D eigenvalue weighted by Crippen LogP contribution is 2.25. The molecule has 110 valence electrons. The number of benzene rings is 2. The maximum Gasteiger partial charge on any atom is 0.335 e. The first-order valence-corrected chi connectivity index (χ1v) is 6.37.